The van der Waals surface area contributed by atoms with Crippen molar-refractivity contribution in [2.45, 2.75) is 39.5 Å². The first kappa shape index (κ1) is 17.7. The second-order valence-corrected chi connectivity index (χ2v) is 6.96. The van der Waals surface area contributed by atoms with Crippen molar-refractivity contribution in [2.75, 3.05) is 0 Å². The molecule has 0 aliphatic heterocycles. The van der Waals surface area contributed by atoms with E-state index < -0.39 is 0 Å². The average molecular weight is 324 g/mol. The molecule has 2 aromatic carbocycles. The summed E-state index contributed by atoms with van der Waals surface area (Å²) in [6.45, 7) is 8.27. The molecule has 4 nitrogen and oxygen atoms in total. The van der Waals surface area contributed by atoms with Crippen LogP contribution >= 0.6 is 0 Å². The maximum Gasteiger partial charge on any atom is 0.0924 e. The molecule has 2 N–H and O–H groups in total. The van der Waals surface area contributed by atoms with Crippen LogP contribution < -0.4 is 0 Å². The molecule has 0 aliphatic rings. The standard InChI is InChI=1S/C20H24N2O2/c1-14(21-23)13-19(22-24)17-7-5-15(6-8-17)16-9-11-18(12-10-16)20(2,3)4/h5-12,23-24H,13H2,1-4H3/b21-14+,22-19-. The summed E-state index contributed by atoms with van der Waals surface area (Å²) in [5, 5.41) is 24.3. The first-order valence-electron chi connectivity index (χ1n) is 7.95. The van der Waals surface area contributed by atoms with Gasteiger partial charge in [-0.15, -0.1) is 0 Å². The lowest BCUT2D eigenvalue weighted by Crippen LogP contribution is -2.10. The third kappa shape index (κ3) is 4.22. The third-order valence-electron chi connectivity index (χ3n) is 4.02. The van der Waals surface area contributed by atoms with Crippen LogP contribution in [0.25, 0.3) is 11.1 Å². The lowest BCUT2D eigenvalue weighted by Gasteiger charge is -2.19. The highest BCUT2D eigenvalue weighted by atomic mass is 16.4. The van der Waals surface area contributed by atoms with Crippen molar-refractivity contribution in [3.8, 4) is 11.1 Å². The smallest absolute Gasteiger partial charge is 0.0924 e. The van der Waals surface area contributed by atoms with Gasteiger partial charge in [0, 0.05) is 6.42 Å². The zero-order valence-corrected chi connectivity index (χ0v) is 14.6. The molecule has 0 aromatic heterocycles. The Morgan fingerprint density at radius 1 is 0.833 bits per heavy atom. The van der Waals surface area contributed by atoms with Crippen LogP contribution in [0.5, 0.6) is 0 Å². The van der Waals surface area contributed by atoms with Gasteiger partial charge in [0.25, 0.3) is 0 Å². The lowest BCUT2D eigenvalue weighted by atomic mass is 9.86. The van der Waals surface area contributed by atoms with Gasteiger partial charge in [-0.2, -0.15) is 0 Å². The van der Waals surface area contributed by atoms with E-state index in [4.69, 9.17) is 10.4 Å². The van der Waals surface area contributed by atoms with Crippen LogP contribution in [0.15, 0.2) is 58.8 Å². The van der Waals surface area contributed by atoms with E-state index in [1.54, 1.807) is 6.92 Å². The first-order valence-corrected chi connectivity index (χ1v) is 7.95. The van der Waals surface area contributed by atoms with Crippen LogP contribution in [-0.2, 0) is 5.41 Å². The van der Waals surface area contributed by atoms with Gasteiger partial charge in [0.15, 0.2) is 0 Å². The summed E-state index contributed by atoms with van der Waals surface area (Å²) in [5.74, 6) is 0. The molecule has 0 radical (unpaired) electrons. The van der Waals surface area contributed by atoms with E-state index in [2.05, 4.69) is 55.3 Å². The Hall–Kier alpha value is -2.62. The summed E-state index contributed by atoms with van der Waals surface area (Å²) in [4.78, 5) is 0. The number of nitrogens with zero attached hydrogens (tertiary/aromatic N) is 2. The highest BCUT2D eigenvalue weighted by Crippen LogP contribution is 2.26. The zero-order chi connectivity index (χ0) is 17.7. The molecule has 2 rings (SSSR count). The molecular formula is C20H24N2O2. The van der Waals surface area contributed by atoms with Crippen LogP contribution in [0.1, 0.15) is 45.2 Å². The maximum atomic E-state index is 9.17. The SMILES string of the molecule is C/C(C/C(=N/O)c1ccc(-c2ccc(C(C)(C)C)cc2)cc1)=N\O. The molecular weight excluding hydrogens is 300 g/mol. The summed E-state index contributed by atoms with van der Waals surface area (Å²) >= 11 is 0. The molecule has 0 fully saturated rings. The number of benzene rings is 2. The summed E-state index contributed by atoms with van der Waals surface area (Å²) in [5.41, 5.74) is 5.45. The molecule has 0 amide bonds. The molecule has 0 atom stereocenters. The summed E-state index contributed by atoms with van der Waals surface area (Å²) in [6.07, 6.45) is 0.298. The fraction of sp³-hybridized carbons (Fsp3) is 0.300. The molecule has 0 saturated carbocycles. The van der Waals surface area contributed by atoms with Crippen LogP contribution in [0, 0.1) is 0 Å². The van der Waals surface area contributed by atoms with Crippen LogP contribution in [0.4, 0.5) is 0 Å². The molecule has 4 heteroatoms. The van der Waals surface area contributed by atoms with Gasteiger partial charge in [-0.05, 0) is 34.6 Å². The predicted octanol–water partition coefficient (Wildman–Crippen LogP) is 5.07. The number of hydrogen-bond donors (Lipinski definition) is 2. The Morgan fingerprint density at radius 2 is 1.33 bits per heavy atom. The minimum Gasteiger partial charge on any atom is -0.411 e. The monoisotopic (exact) mass is 324 g/mol. The van der Waals surface area contributed by atoms with Crippen molar-refractivity contribution in [1.82, 2.24) is 0 Å². The van der Waals surface area contributed by atoms with Gasteiger partial charge >= 0.3 is 0 Å². The van der Waals surface area contributed by atoms with Gasteiger partial charge in [0.1, 0.15) is 0 Å². The minimum absolute atomic E-state index is 0.140. The Kier molecular flexibility index (Phi) is 5.39. The van der Waals surface area contributed by atoms with Crippen LogP contribution in [0.2, 0.25) is 0 Å². The van der Waals surface area contributed by atoms with E-state index in [1.165, 1.54) is 5.56 Å². The van der Waals surface area contributed by atoms with Crippen LogP contribution in [-0.4, -0.2) is 21.8 Å². The quantitative estimate of drug-likeness (QED) is 0.468. The molecule has 0 spiro atoms. The van der Waals surface area contributed by atoms with E-state index in [9.17, 15) is 0 Å². The number of oxime groups is 2. The normalized spacial score (nSPS) is 13.2. The van der Waals surface area contributed by atoms with Gasteiger partial charge in [-0.1, -0.05) is 79.6 Å². The second kappa shape index (κ2) is 7.30. The molecule has 0 bridgehead atoms. The molecule has 2 aromatic rings. The van der Waals surface area contributed by atoms with Gasteiger partial charge in [-0.25, -0.2) is 0 Å². The highest BCUT2D eigenvalue weighted by molar-refractivity contribution is 6.11. The van der Waals surface area contributed by atoms with Crippen molar-refractivity contribution >= 4 is 11.4 Å². The van der Waals surface area contributed by atoms with Gasteiger partial charge in [0.05, 0.1) is 11.4 Å². The summed E-state index contributed by atoms with van der Waals surface area (Å²) < 4.78 is 0. The fourth-order valence-corrected chi connectivity index (χ4v) is 2.49. The third-order valence-corrected chi connectivity index (χ3v) is 4.02. The van der Waals surface area contributed by atoms with E-state index in [1.807, 2.05) is 24.3 Å². The van der Waals surface area contributed by atoms with Crippen molar-refractivity contribution in [3.05, 3.63) is 59.7 Å². The van der Waals surface area contributed by atoms with Crippen molar-refractivity contribution in [1.29, 1.82) is 0 Å². The van der Waals surface area contributed by atoms with E-state index in [0.29, 0.717) is 17.8 Å². The largest absolute Gasteiger partial charge is 0.411 e. The van der Waals surface area contributed by atoms with Gasteiger partial charge < -0.3 is 10.4 Å². The predicted molar refractivity (Wildman–Crippen MR) is 98.4 cm³/mol. The first-order chi connectivity index (χ1) is 11.3. The summed E-state index contributed by atoms with van der Waals surface area (Å²) in [6, 6.07) is 16.4. The van der Waals surface area contributed by atoms with Crippen molar-refractivity contribution in [2.24, 2.45) is 10.3 Å². The van der Waals surface area contributed by atoms with Crippen molar-refractivity contribution < 1.29 is 10.4 Å². The second-order valence-electron chi connectivity index (χ2n) is 6.96. The minimum atomic E-state index is 0.140. The topological polar surface area (TPSA) is 65.2 Å². The maximum absolute atomic E-state index is 9.17. The summed E-state index contributed by atoms with van der Waals surface area (Å²) in [7, 11) is 0. The zero-order valence-electron chi connectivity index (χ0n) is 14.6. The molecule has 0 unspecified atom stereocenters. The molecule has 24 heavy (non-hydrogen) atoms. The Morgan fingerprint density at radius 3 is 1.75 bits per heavy atom. The van der Waals surface area contributed by atoms with Crippen molar-refractivity contribution in [3.63, 3.8) is 0 Å². The van der Waals surface area contributed by atoms with Crippen LogP contribution in [0.3, 0.4) is 0 Å². The Labute approximate surface area is 143 Å². The van der Waals surface area contributed by atoms with Gasteiger partial charge in [-0.3, -0.25) is 0 Å². The lowest BCUT2D eigenvalue weighted by molar-refractivity contribution is 0.315. The fourth-order valence-electron chi connectivity index (χ4n) is 2.49. The number of rotatable bonds is 4. The molecule has 0 heterocycles. The highest BCUT2D eigenvalue weighted by Gasteiger charge is 2.13. The molecule has 0 aliphatic carbocycles. The Balaban J connectivity index is 2.23. The van der Waals surface area contributed by atoms with Gasteiger partial charge in [0.2, 0.25) is 0 Å². The average Bonchev–Trinajstić information content (AvgIpc) is 2.59. The van der Waals surface area contributed by atoms with E-state index in [-0.39, 0.29) is 5.41 Å². The Bertz CT molecular complexity index is 737. The van der Waals surface area contributed by atoms with E-state index in [0.717, 1.165) is 16.7 Å². The number of hydrogen-bond acceptors (Lipinski definition) is 4. The molecule has 0 saturated heterocycles. The van der Waals surface area contributed by atoms with E-state index >= 15 is 0 Å². The molecule has 126 valence electrons.